The smallest absolute Gasteiger partial charge is 0.124 e. The van der Waals surface area contributed by atoms with Gasteiger partial charge in [0.15, 0.2) is 0 Å². The van der Waals surface area contributed by atoms with Crippen LogP contribution in [0.1, 0.15) is 11.1 Å². The minimum atomic E-state index is 0.554. The first-order valence-electron chi connectivity index (χ1n) is 8.37. The quantitative estimate of drug-likeness (QED) is 0.728. The molecule has 6 heteroatoms. The van der Waals surface area contributed by atoms with Crippen LogP contribution in [0.3, 0.4) is 0 Å². The molecule has 3 aromatic rings. The summed E-state index contributed by atoms with van der Waals surface area (Å²) in [6.45, 7) is 4.69. The Kier molecular flexibility index (Phi) is 4.29. The van der Waals surface area contributed by atoms with E-state index in [0.717, 1.165) is 38.5 Å². The van der Waals surface area contributed by atoms with Gasteiger partial charge in [-0.05, 0) is 11.1 Å². The van der Waals surface area contributed by atoms with Gasteiger partial charge in [0.25, 0.3) is 0 Å². The van der Waals surface area contributed by atoms with Gasteiger partial charge in [-0.3, -0.25) is 0 Å². The molecule has 2 N–H and O–H groups in total. The number of benzene rings is 1. The second-order valence-corrected chi connectivity index (χ2v) is 6.28. The molecule has 3 heterocycles. The highest BCUT2D eigenvalue weighted by molar-refractivity contribution is 5.35. The number of anilines is 1. The fourth-order valence-corrected chi connectivity index (χ4v) is 3.20. The molecule has 1 aliphatic heterocycles. The number of nitrogens with one attached hydrogen (secondary N) is 2. The molecule has 1 aromatic carbocycles. The maximum Gasteiger partial charge on any atom is 0.124 e. The van der Waals surface area contributed by atoms with Crippen molar-refractivity contribution in [1.29, 1.82) is 0 Å². The first-order valence-corrected chi connectivity index (χ1v) is 8.37. The number of imidazole rings is 1. The van der Waals surface area contributed by atoms with Gasteiger partial charge >= 0.3 is 0 Å². The lowest BCUT2D eigenvalue weighted by molar-refractivity contribution is 0.391. The van der Waals surface area contributed by atoms with Crippen molar-refractivity contribution in [3.8, 4) is 0 Å². The maximum atomic E-state index is 4.35. The van der Waals surface area contributed by atoms with Crippen molar-refractivity contribution in [2.45, 2.75) is 19.6 Å². The van der Waals surface area contributed by atoms with Crippen LogP contribution in [-0.2, 0) is 19.6 Å². The highest BCUT2D eigenvalue weighted by Crippen LogP contribution is 2.16. The van der Waals surface area contributed by atoms with E-state index in [0.29, 0.717) is 5.92 Å². The van der Waals surface area contributed by atoms with Crippen molar-refractivity contribution in [2.75, 3.05) is 18.4 Å². The van der Waals surface area contributed by atoms with Crippen LogP contribution >= 0.6 is 0 Å². The predicted molar refractivity (Wildman–Crippen MR) is 93.7 cm³/mol. The number of aromatic nitrogens is 4. The molecular formula is C18H22N6. The van der Waals surface area contributed by atoms with E-state index in [1.165, 1.54) is 11.1 Å². The molecule has 0 fully saturated rings. The van der Waals surface area contributed by atoms with Gasteiger partial charge in [-0.15, -0.1) is 0 Å². The zero-order chi connectivity index (χ0) is 16.2. The Balaban J connectivity index is 1.33. The van der Waals surface area contributed by atoms with E-state index >= 15 is 0 Å². The molecule has 1 atom stereocenters. The average Bonchev–Trinajstić information content (AvgIpc) is 3.27. The van der Waals surface area contributed by atoms with Gasteiger partial charge in [0.1, 0.15) is 5.82 Å². The van der Waals surface area contributed by atoms with Gasteiger partial charge in [-0.2, -0.15) is 5.10 Å². The topological polar surface area (TPSA) is 59.7 Å². The Hall–Kier alpha value is -2.60. The van der Waals surface area contributed by atoms with Gasteiger partial charge in [0, 0.05) is 57.1 Å². The summed E-state index contributed by atoms with van der Waals surface area (Å²) in [5, 5.41) is 11.4. The first kappa shape index (κ1) is 15.0. The minimum Gasteiger partial charge on any atom is -0.370 e. The van der Waals surface area contributed by atoms with E-state index in [2.05, 4.69) is 49.5 Å². The highest BCUT2D eigenvalue weighted by Gasteiger charge is 2.17. The van der Waals surface area contributed by atoms with Crippen molar-refractivity contribution in [2.24, 2.45) is 5.92 Å². The normalized spacial score (nSPS) is 16.6. The van der Waals surface area contributed by atoms with Gasteiger partial charge in [0.05, 0.1) is 12.5 Å². The lowest BCUT2D eigenvalue weighted by Gasteiger charge is -2.25. The summed E-state index contributed by atoms with van der Waals surface area (Å²) in [5.74, 6) is 1.68. The Morgan fingerprint density at radius 3 is 2.96 bits per heavy atom. The average molecular weight is 322 g/mol. The van der Waals surface area contributed by atoms with Crippen LogP contribution in [0.5, 0.6) is 0 Å². The van der Waals surface area contributed by atoms with Gasteiger partial charge in [0.2, 0.25) is 0 Å². The van der Waals surface area contributed by atoms with Gasteiger partial charge < -0.3 is 15.2 Å². The molecular weight excluding hydrogens is 300 g/mol. The second kappa shape index (κ2) is 6.88. The molecule has 0 bridgehead atoms. The summed E-state index contributed by atoms with van der Waals surface area (Å²) in [7, 11) is 0. The summed E-state index contributed by atoms with van der Waals surface area (Å²) in [6.07, 6.45) is 7.53. The van der Waals surface area contributed by atoms with Crippen LogP contribution < -0.4 is 10.6 Å². The van der Waals surface area contributed by atoms with Crippen molar-refractivity contribution in [3.05, 3.63) is 66.4 Å². The van der Waals surface area contributed by atoms with Crippen LogP contribution in [0.4, 0.5) is 5.82 Å². The predicted octanol–water partition coefficient (Wildman–Crippen LogP) is 1.96. The molecule has 0 unspecified atom stereocenters. The number of hydrogen-bond donors (Lipinski definition) is 2. The molecule has 0 aliphatic carbocycles. The van der Waals surface area contributed by atoms with Crippen molar-refractivity contribution >= 4 is 5.82 Å². The summed E-state index contributed by atoms with van der Waals surface area (Å²) in [4.78, 5) is 4.12. The summed E-state index contributed by atoms with van der Waals surface area (Å²) < 4.78 is 4.14. The van der Waals surface area contributed by atoms with E-state index in [-0.39, 0.29) is 0 Å². The SMILES string of the molecule is c1ccc(Cn2ccnc2)c(CNC[C@@H]2CNc3ccnn3C2)c1. The van der Waals surface area contributed by atoms with E-state index in [1.54, 1.807) is 0 Å². The molecule has 124 valence electrons. The van der Waals surface area contributed by atoms with Crippen LogP contribution in [0.2, 0.25) is 0 Å². The van der Waals surface area contributed by atoms with Crippen LogP contribution in [0.15, 0.2) is 55.2 Å². The van der Waals surface area contributed by atoms with E-state index in [1.807, 2.05) is 35.7 Å². The van der Waals surface area contributed by atoms with Gasteiger partial charge in [-0.1, -0.05) is 24.3 Å². The van der Waals surface area contributed by atoms with Crippen molar-refractivity contribution in [3.63, 3.8) is 0 Å². The first-order chi connectivity index (χ1) is 11.9. The molecule has 0 spiro atoms. The van der Waals surface area contributed by atoms with Crippen LogP contribution in [0, 0.1) is 5.92 Å². The summed E-state index contributed by atoms with van der Waals surface area (Å²) >= 11 is 0. The molecule has 1 aliphatic rings. The molecule has 0 amide bonds. The third-order valence-electron chi connectivity index (χ3n) is 4.50. The van der Waals surface area contributed by atoms with E-state index in [9.17, 15) is 0 Å². The molecule has 0 radical (unpaired) electrons. The van der Waals surface area contributed by atoms with E-state index < -0.39 is 0 Å². The monoisotopic (exact) mass is 322 g/mol. The molecule has 6 nitrogen and oxygen atoms in total. The third kappa shape index (κ3) is 3.33. The summed E-state index contributed by atoms with van der Waals surface area (Å²) in [6, 6.07) is 10.6. The zero-order valence-electron chi connectivity index (χ0n) is 13.6. The lowest BCUT2D eigenvalue weighted by atomic mass is 10.1. The fourth-order valence-electron chi connectivity index (χ4n) is 3.20. The number of nitrogens with zero attached hydrogens (tertiary/aromatic N) is 4. The fraction of sp³-hybridized carbons (Fsp3) is 0.333. The Morgan fingerprint density at radius 1 is 1.17 bits per heavy atom. The minimum absolute atomic E-state index is 0.554. The van der Waals surface area contributed by atoms with E-state index in [4.69, 9.17) is 0 Å². The second-order valence-electron chi connectivity index (χ2n) is 6.28. The largest absolute Gasteiger partial charge is 0.370 e. The number of rotatable bonds is 6. The van der Waals surface area contributed by atoms with Crippen molar-refractivity contribution in [1.82, 2.24) is 24.6 Å². The zero-order valence-corrected chi connectivity index (χ0v) is 13.6. The van der Waals surface area contributed by atoms with Crippen molar-refractivity contribution < 1.29 is 0 Å². The molecule has 2 aromatic heterocycles. The third-order valence-corrected chi connectivity index (χ3v) is 4.50. The maximum absolute atomic E-state index is 4.35. The molecule has 24 heavy (non-hydrogen) atoms. The summed E-state index contributed by atoms with van der Waals surface area (Å²) in [5.41, 5.74) is 2.67. The van der Waals surface area contributed by atoms with Gasteiger partial charge in [-0.25, -0.2) is 9.67 Å². The standard InChI is InChI=1S/C18H22N6/c1-2-4-17(13-23-8-7-19-14-23)16(3-1)11-20-9-15-10-21-18-5-6-22-24(18)12-15/h1-8,14-15,20-21H,9-13H2/t15-/m1/s1. The molecule has 4 rings (SSSR count). The van der Waals surface area contributed by atoms with Crippen LogP contribution in [0.25, 0.3) is 0 Å². The Morgan fingerprint density at radius 2 is 2.08 bits per heavy atom. The Bertz CT molecular complexity index is 776. The number of fused-ring (bicyclic) bond motifs is 1. The molecule has 0 saturated heterocycles. The lowest BCUT2D eigenvalue weighted by Crippen LogP contribution is -2.35. The highest BCUT2D eigenvalue weighted by atomic mass is 15.3. The Labute approximate surface area is 141 Å². The number of hydrogen-bond acceptors (Lipinski definition) is 4. The molecule has 0 saturated carbocycles. The van der Waals surface area contributed by atoms with Crippen LogP contribution in [-0.4, -0.2) is 32.4 Å².